The molecule has 0 bridgehead atoms. The van der Waals surface area contributed by atoms with Crippen molar-refractivity contribution in [2.75, 3.05) is 12.4 Å². The summed E-state index contributed by atoms with van der Waals surface area (Å²) in [5.74, 6) is 1.02. The molecule has 1 N–H and O–H groups in total. The number of halogens is 1. The van der Waals surface area contributed by atoms with Crippen LogP contribution in [0.15, 0.2) is 42.5 Å². The van der Waals surface area contributed by atoms with Crippen molar-refractivity contribution in [3.63, 3.8) is 0 Å². The lowest BCUT2D eigenvalue weighted by molar-refractivity contribution is -0.122. The average molecular weight is 320 g/mol. The maximum absolute atomic E-state index is 12.2. The average Bonchev–Trinajstić information content (AvgIpc) is 2.49. The smallest absolute Gasteiger partial charge is 0.265 e. The number of carbonyl (C=O) groups is 1. The van der Waals surface area contributed by atoms with Crippen LogP contribution in [0.3, 0.4) is 0 Å². The zero-order chi connectivity index (χ0) is 16.1. The van der Waals surface area contributed by atoms with E-state index in [2.05, 4.69) is 5.32 Å². The molecule has 0 saturated heterocycles. The van der Waals surface area contributed by atoms with Crippen LogP contribution in [0.4, 0.5) is 5.69 Å². The molecule has 2 aromatic carbocycles. The molecule has 0 radical (unpaired) electrons. The molecular weight excluding hydrogens is 302 g/mol. The lowest BCUT2D eigenvalue weighted by Gasteiger charge is -2.16. The molecule has 0 spiro atoms. The Balaban J connectivity index is 2.02. The number of rotatable bonds is 5. The van der Waals surface area contributed by atoms with Gasteiger partial charge in [0.25, 0.3) is 5.91 Å². The fourth-order valence-electron chi connectivity index (χ4n) is 1.90. The number of nitrogens with one attached hydrogen (secondary N) is 1. The van der Waals surface area contributed by atoms with E-state index in [0.717, 1.165) is 5.56 Å². The molecule has 4 nitrogen and oxygen atoms in total. The van der Waals surface area contributed by atoms with Crippen LogP contribution >= 0.6 is 11.6 Å². The maximum Gasteiger partial charge on any atom is 0.265 e. The van der Waals surface area contributed by atoms with Crippen molar-refractivity contribution in [2.24, 2.45) is 0 Å². The third-order valence-electron chi connectivity index (χ3n) is 3.11. The lowest BCUT2D eigenvalue weighted by atomic mass is 10.2. The number of hydrogen-bond acceptors (Lipinski definition) is 3. The van der Waals surface area contributed by atoms with E-state index < -0.39 is 6.10 Å². The van der Waals surface area contributed by atoms with Crippen molar-refractivity contribution >= 4 is 23.2 Å². The number of carbonyl (C=O) groups excluding carboxylic acids is 1. The van der Waals surface area contributed by atoms with E-state index in [1.54, 1.807) is 32.2 Å². The zero-order valence-corrected chi connectivity index (χ0v) is 13.5. The molecule has 2 rings (SSSR count). The van der Waals surface area contributed by atoms with Gasteiger partial charge < -0.3 is 14.8 Å². The quantitative estimate of drug-likeness (QED) is 0.904. The highest BCUT2D eigenvalue weighted by molar-refractivity contribution is 6.33. The number of benzene rings is 2. The fraction of sp³-hybridized carbons (Fsp3) is 0.235. The normalized spacial score (nSPS) is 11.6. The van der Waals surface area contributed by atoms with Crippen molar-refractivity contribution in [3.05, 3.63) is 53.1 Å². The monoisotopic (exact) mass is 319 g/mol. The second kappa shape index (κ2) is 7.18. The zero-order valence-electron chi connectivity index (χ0n) is 12.7. The molecule has 0 aliphatic rings. The molecule has 0 saturated carbocycles. The van der Waals surface area contributed by atoms with Gasteiger partial charge in [-0.2, -0.15) is 0 Å². The van der Waals surface area contributed by atoms with Crippen LogP contribution in [-0.2, 0) is 4.79 Å². The minimum Gasteiger partial charge on any atom is -0.497 e. The van der Waals surface area contributed by atoms with E-state index in [0.29, 0.717) is 22.2 Å². The summed E-state index contributed by atoms with van der Waals surface area (Å²) in [5, 5.41) is 3.16. The van der Waals surface area contributed by atoms with E-state index in [-0.39, 0.29) is 5.91 Å². The minimum atomic E-state index is -0.639. The highest BCUT2D eigenvalue weighted by atomic mass is 35.5. The topological polar surface area (TPSA) is 47.6 Å². The summed E-state index contributed by atoms with van der Waals surface area (Å²) in [6.07, 6.45) is -0.639. The van der Waals surface area contributed by atoms with Crippen molar-refractivity contribution in [1.82, 2.24) is 0 Å². The molecule has 116 valence electrons. The summed E-state index contributed by atoms with van der Waals surface area (Å²) >= 11 is 6.10. The summed E-state index contributed by atoms with van der Waals surface area (Å²) in [6, 6.07) is 12.6. The first-order valence-corrected chi connectivity index (χ1v) is 7.25. The number of methoxy groups -OCH3 is 1. The van der Waals surface area contributed by atoms with Crippen LogP contribution in [0, 0.1) is 6.92 Å². The van der Waals surface area contributed by atoms with Gasteiger partial charge in [-0.05, 0) is 43.7 Å². The van der Waals surface area contributed by atoms with Gasteiger partial charge in [-0.3, -0.25) is 4.79 Å². The Kier molecular flexibility index (Phi) is 5.28. The Labute approximate surface area is 135 Å². The summed E-state index contributed by atoms with van der Waals surface area (Å²) < 4.78 is 10.7. The molecule has 0 heterocycles. The van der Waals surface area contributed by atoms with Crippen LogP contribution in [0.1, 0.15) is 12.5 Å². The molecule has 22 heavy (non-hydrogen) atoms. The maximum atomic E-state index is 12.2. The van der Waals surface area contributed by atoms with Crippen LogP contribution in [-0.4, -0.2) is 19.1 Å². The van der Waals surface area contributed by atoms with Crippen LogP contribution in [0.25, 0.3) is 0 Å². The number of anilines is 1. The Hall–Kier alpha value is -2.20. The Morgan fingerprint density at radius 1 is 1.18 bits per heavy atom. The number of ether oxygens (including phenoxy) is 2. The first kappa shape index (κ1) is 16.2. The van der Waals surface area contributed by atoms with Crippen LogP contribution in [0.5, 0.6) is 11.5 Å². The van der Waals surface area contributed by atoms with Crippen molar-refractivity contribution < 1.29 is 14.3 Å². The predicted octanol–water partition coefficient (Wildman–Crippen LogP) is 4.06. The van der Waals surface area contributed by atoms with E-state index in [9.17, 15) is 4.79 Å². The number of amides is 1. The van der Waals surface area contributed by atoms with Gasteiger partial charge in [-0.15, -0.1) is 0 Å². The molecule has 1 unspecified atom stereocenters. The molecule has 0 aromatic heterocycles. The minimum absolute atomic E-state index is 0.270. The Morgan fingerprint density at radius 3 is 2.59 bits per heavy atom. The fourth-order valence-corrected chi connectivity index (χ4v) is 2.12. The molecule has 2 aromatic rings. The number of aryl methyl sites for hydroxylation is 1. The number of hydrogen-bond donors (Lipinski definition) is 1. The molecule has 0 aliphatic heterocycles. The van der Waals surface area contributed by atoms with Gasteiger partial charge in [-0.25, -0.2) is 0 Å². The van der Waals surface area contributed by atoms with Gasteiger partial charge in [0.1, 0.15) is 11.5 Å². The van der Waals surface area contributed by atoms with E-state index in [1.165, 1.54) is 0 Å². The van der Waals surface area contributed by atoms with Crippen LogP contribution in [0.2, 0.25) is 5.02 Å². The van der Waals surface area contributed by atoms with Gasteiger partial charge >= 0.3 is 0 Å². The Morgan fingerprint density at radius 2 is 1.95 bits per heavy atom. The standard InChI is InChI=1S/C17H18ClNO3/c1-11-5-4-6-14(9-11)22-12(2)17(20)19-16-8-7-13(21-3)10-15(16)18/h4-10,12H,1-3H3,(H,19,20). The van der Waals surface area contributed by atoms with E-state index >= 15 is 0 Å². The van der Waals surface area contributed by atoms with Gasteiger partial charge in [0.05, 0.1) is 17.8 Å². The van der Waals surface area contributed by atoms with Gasteiger partial charge in [0.2, 0.25) is 0 Å². The third kappa shape index (κ3) is 4.15. The van der Waals surface area contributed by atoms with E-state index in [1.807, 2.05) is 31.2 Å². The predicted molar refractivity (Wildman–Crippen MR) is 87.9 cm³/mol. The van der Waals surface area contributed by atoms with Crippen molar-refractivity contribution in [1.29, 1.82) is 0 Å². The second-order valence-electron chi connectivity index (χ2n) is 4.91. The molecule has 0 fully saturated rings. The first-order chi connectivity index (χ1) is 10.5. The first-order valence-electron chi connectivity index (χ1n) is 6.87. The van der Waals surface area contributed by atoms with Gasteiger partial charge in [0.15, 0.2) is 6.10 Å². The summed E-state index contributed by atoms with van der Waals surface area (Å²) in [7, 11) is 1.56. The van der Waals surface area contributed by atoms with Gasteiger partial charge in [-0.1, -0.05) is 23.7 Å². The molecule has 1 atom stereocenters. The summed E-state index contributed by atoms with van der Waals surface area (Å²) in [5.41, 5.74) is 1.59. The second-order valence-corrected chi connectivity index (χ2v) is 5.32. The third-order valence-corrected chi connectivity index (χ3v) is 3.42. The largest absolute Gasteiger partial charge is 0.497 e. The summed E-state index contributed by atoms with van der Waals surface area (Å²) in [6.45, 7) is 3.66. The highest BCUT2D eigenvalue weighted by Gasteiger charge is 2.16. The van der Waals surface area contributed by atoms with Crippen LogP contribution < -0.4 is 14.8 Å². The molecule has 5 heteroatoms. The highest BCUT2D eigenvalue weighted by Crippen LogP contribution is 2.27. The van der Waals surface area contributed by atoms with Gasteiger partial charge in [0, 0.05) is 6.07 Å². The summed E-state index contributed by atoms with van der Waals surface area (Å²) in [4.78, 5) is 12.2. The van der Waals surface area contributed by atoms with Crippen molar-refractivity contribution in [2.45, 2.75) is 20.0 Å². The van der Waals surface area contributed by atoms with Crippen molar-refractivity contribution in [3.8, 4) is 11.5 Å². The SMILES string of the molecule is COc1ccc(NC(=O)C(C)Oc2cccc(C)c2)c(Cl)c1. The molecule has 0 aliphatic carbocycles. The van der Waals surface area contributed by atoms with E-state index in [4.69, 9.17) is 21.1 Å². The molecule has 1 amide bonds. The lowest BCUT2D eigenvalue weighted by Crippen LogP contribution is -2.30. The Bertz CT molecular complexity index is 673. The molecular formula is C17H18ClNO3.